The van der Waals surface area contributed by atoms with Gasteiger partial charge in [0.2, 0.25) is 0 Å². The van der Waals surface area contributed by atoms with Crippen molar-refractivity contribution in [1.82, 2.24) is 5.32 Å². The Morgan fingerprint density at radius 3 is 1.71 bits per heavy atom. The molecule has 38 heavy (non-hydrogen) atoms. The minimum absolute atomic E-state index is 0.0456. The lowest BCUT2D eigenvalue weighted by molar-refractivity contribution is 0.0940. The van der Waals surface area contributed by atoms with Crippen LogP contribution < -0.4 is 26.5 Å². The van der Waals surface area contributed by atoms with Gasteiger partial charge in [0.25, 0.3) is 5.91 Å². The second kappa shape index (κ2) is 12.9. The standard InChI is InChI=1S/C34H31N2OP/c37-34(36-29(25-27-15-5-1-6-16-27)26-35-28-17-7-2-8-18-28)32-23-13-14-24-33(32)38(30-19-9-3-10-20-30)31-21-11-4-12-22-31/h1-24,29,35H,25-26H2,(H,36,37)/t29-/m1/s1. The summed E-state index contributed by atoms with van der Waals surface area (Å²) in [4.78, 5) is 13.9. The molecule has 0 fully saturated rings. The monoisotopic (exact) mass is 514 g/mol. The van der Waals surface area contributed by atoms with E-state index in [-0.39, 0.29) is 11.9 Å². The topological polar surface area (TPSA) is 41.1 Å². The molecular weight excluding hydrogens is 483 g/mol. The van der Waals surface area contributed by atoms with Crippen LogP contribution in [0.5, 0.6) is 0 Å². The first-order chi connectivity index (χ1) is 18.8. The molecule has 3 nitrogen and oxygen atoms in total. The Morgan fingerprint density at radius 1 is 0.605 bits per heavy atom. The molecule has 0 spiro atoms. The van der Waals surface area contributed by atoms with Gasteiger partial charge in [-0.05, 0) is 54.0 Å². The molecule has 0 aliphatic rings. The molecule has 4 heteroatoms. The highest BCUT2D eigenvalue weighted by atomic mass is 31.1. The first-order valence-electron chi connectivity index (χ1n) is 12.9. The van der Waals surface area contributed by atoms with Gasteiger partial charge in [-0.2, -0.15) is 0 Å². The van der Waals surface area contributed by atoms with Gasteiger partial charge in [-0.3, -0.25) is 4.79 Å². The third kappa shape index (κ3) is 6.56. The van der Waals surface area contributed by atoms with E-state index in [1.165, 1.54) is 16.2 Å². The van der Waals surface area contributed by atoms with Gasteiger partial charge in [-0.25, -0.2) is 0 Å². The Hall–Kier alpha value is -4.20. The summed E-state index contributed by atoms with van der Waals surface area (Å²) in [5.41, 5.74) is 2.96. The molecule has 0 heterocycles. The summed E-state index contributed by atoms with van der Waals surface area (Å²) in [6.45, 7) is 0.624. The second-order valence-corrected chi connectivity index (χ2v) is 11.3. The third-order valence-electron chi connectivity index (χ3n) is 6.40. The molecule has 0 aromatic heterocycles. The van der Waals surface area contributed by atoms with Gasteiger partial charge in [0.15, 0.2) is 0 Å². The van der Waals surface area contributed by atoms with Crippen LogP contribution in [0.1, 0.15) is 15.9 Å². The first-order valence-corrected chi connectivity index (χ1v) is 14.2. The minimum atomic E-state index is -0.893. The summed E-state index contributed by atoms with van der Waals surface area (Å²) in [5.74, 6) is -0.0456. The molecule has 5 aromatic carbocycles. The fourth-order valence-corrected chi connectivity index (χ4v) is 7.02. The normalized spacial score (nSPS) is 11.6. The van der Waals surface area contributed by atoms with E-state index in [0.29, 0.717) is 6.54 Å². The van der Waals surface area contributed by atoms with Crippen molar-refractivity contribution in [2.45, 2.75) is 12.5 Å². The molecular formula is C34H31N2OP. The van der Waals surface area contributed by atoms with E-state index in [1.807, 2.05) is 78.9 Å². The summed E-state index contributed by atoms with van der Waals surface area (Å²) >= 11 is 0. The molecule has 0 aliphatic carbocycles. The summed E-state index contributed by atoms with van der Waals surface area (Å²) in [7, 11) is -0.893. The number of hydrogen-bond acceptors (Lipinski definition) is 2. The molecule has 0 radical (unpaired) electrons. The number of amides is 1. The van der Waals surface area contributed by atoms with Crippen LogP contribution in [0, 0.1) is 0 Å². The minimum Gasteiger partial charge on any atom is -0.383 e. The molecule has 1 atom stereocenters. The van der Waals surface area contributed by atoms with Crippen LogP contribution in [-0.2, 0) is 6.42 Å². The highest BCUT2D eigenvalue weighted by Crippen LogP contribution is 2.34. The summed E-state index contributed by atoms with van der Waals surface area (Å²) in [5, 5.41) is 10.4. The Kier molecular flexibility index (Phi) is 8.61. The molecule has 0 bridgehead atoms. The van der Waals surface area contributed by atoms with Crippen LogP contribution in [0.15, 0.2) is 146 Å². The van der Waals surface area contributed by atoms with E-state index >= 15 is 0 Å². The summed E-state index contributed by atoms with van der Waals surface area (Å²) < 4.78 is 0. The van der Waals surface area contributed by atoms with Gasteiger partial charge >= 0.3 is 0 Å². The van der Waals surface area contributed by atoms with E-state index in [2.05, 4.69) is 77.4 Å². The van der Waals surface area contributed by atoms with Crippen LogP contribution >= 0.6 is 7.92 Å². The van der Waals surface area contributed by atoms with Crippen molar-refractivity contribution in [3.63, 3.8) is 0 Å². The molecule has 5 aromatic rings. The van der Waals surface area contributed by atoms with Crippen molar-refractivity contribution in [2.75, 3.05) is 11.9 Å². The summed E-state index contributed by atoms with van der Waals surface area (Å²) in [6, 6.07) is 49.4. The van der Waals surface area contributed by atoms with Gasteiger partial charge < -0.3 is 10.6 Å². The number of hydrogen-bond donors (Lipinski definition) is 2. The first kappa shape index (κ1) is 25.4. The molecule has 0 aliphatic heterocycles. The van der Waals surface area contributed by atoms with Gasteiger partial charge in [-0.15, -0.1) is 0 Å². The maximum absolute atomic E-state index is 13.9. The lowest BCUT2D eigenvalue weighted by Gasteiger charge is -2.24. The van der Waals surface area contributed by atoms with Crippen molar-refractivity contribution in [1.29, 1.82) is 0 Å². The Morgan fingerprint density at radius 2 is 1.11 bits per heavy atom. The van der Waals surface area contributed by atoms with Crippen molar-refractivity contribution in [3.8, 4) is 0 Å². The van der Waals surface area contributed by atoms with Crippen LogP contribution in [-0.4, -0.2) is 18.5 Å². The zero-order valence-electron chi connectivity index (χ0n) is 21.2. The zero-order chi connectivity index (χ0) is 26.0. The molecule has 1 amide bonds. The maximum atomic E-state index is 13.9. The molecule has 0 unspecified atom stereocenters. The van der Waals surface area contributed by atoms with Crippen LogP contribution in [0.3, 0.4) is 0 Å². The number of carbonyl (C=O) groups excluding carboxylic acids is 1. The predicted octanol–water partition coefficient (Wildman–Crippen LogP) is 5.90. The lowest BCUT2D eigenvalue weighted by atomic mass is 10.0. The van der Waals surface area contributed by atoms with Crippen LogP contribution in [0.25, 0.3) is 0 Å². The smallest absolute Gasteiger partial charge is 0.252 e. The average molecular weight is 515 g/mol. The highest BCUT2D eigenvalue weighted by Gasteiger charge is 2.23. The Labute approximate surface area is 226 Å². The fraction of sp³-hybridized carbons (Fsp3) is 0.0882. The van der Waals surface area contributed by atoms with E-state index in [4.69, 9.17) is 0 Å². The number of para-hydroxylation sites is 1. The van der Waals surface area contributed by atoms with Gasteiger partial charge in [0.05, 0.1) is 6.04 Å². The van der Waals surface area contributed by atoms with Crippen molar-refractivity contribution < 1.29 is 4.79 Å². The van der Waals surface area contributed by atoms with E-state index < -0.39 is 7.92 Å². The second-order valence-electron chi connectivity index (χ2n) is 9.13. The molecule has 188 valence electrons. The van der Waals surface area contributed by atoms with Crippen molar-refractivity contribution in [3.05, 3.63) is 157 Å². The fourth-order valence-electron chi connectivity index (χ4n) is 4.58. The van der Waals surface area contributed by atoms with Crippen LogP contribution in [0.4, 0.5) is 5.69 Å². The van der Waals surface area contributed by atoms with Gasteiger partial charge in [0, 0.05) is 17.8 Å². The highest BCUT2D eigenvalue weighted by molar-refractivity contribution is 7.80. The number of benzene rings is 5. The average Bonchev–Trinajstić information content (AvgIpc) is 2.98. The molecule has 2 N–H and O–H groups in total. The SMILES string of the molecule is O=C(N[C@@H](CNc1ccccc1)Cc1ccccc1)c1ccccc1P(c1ccccc1)c1ccccc1. The van der Waals surface area contributed by atoms with Crippen molar-refractivity contribution >= 4 is 35.4 Å². The zero-order valence-corrected chi connectivity index (χ0v) is 22.1. The number of nitrogens with one attached hydrogen (secondary N) is 2. The summed E-state index contributed by atoms with van der Waals surface area (Å²) in [6.07, 6.45) is 0.737. The van der Waals surface area contributed by atoms with E-state index in [9.17, 15) is 4.79 Å². The third-order valence-corrected chi connectivity index (χ3v) is 8.91. The number of carbonyl (C=O) groups is 1. The number of rotatable bonds is 10. The maximum Gasteiger partial charge on any atom is 0.252 e. The molecule has 5 rings (SSSR count). The molecule has 0 saturated carbocycles. The lowest BCUT2D eigenvalue weighted by Crippen LogP contribution is -2.43. The van der Waals surface area contributed by atoms with Gasteiger partial charge in [-0.1, -0.05) is 127 Å². The molecule has 0 saturated heterocycles. The van der Waals surface area contributed by atoms with Crippen LogP contribution in [0.2, 0.25) is 0 Å². The number of anilines is 1. The Bertz CT molecular complexity index is 1390. The van der Waals surface area contributed by atoms with E-state index in [1.54, 1.807) is 0 Å². The predicted molar refractivity (Wildman–Crippen MR) is 161 cm³/mol. The largest absolute Gasteiger partial charge is 0.383 e. The Balaban J connectivity index is 1.44. The van der Waals surface area contributed by atoms with Gasteiger partial charge in [0.1, 0.15) is 0 Å². The quantitative estimate of drug-likeness (QED) is 0.228. The van der Waals surface area contributed by atoms with Crippen molar-refractivity contribution in [2.24, 2.45) is 0 Å². The van der Waals surface area contributed by atoms with E-state index in [0.717, 1.165) is 23.0 Å².